The van der Waals surface area contributed by atoms with Crippen LogP contribution in [0, 0.1) is 0 Å². The van der Waals surface area contributed by atoms with Crippen molar-refractivity contribution in [1.82, 2.24) is 5.32 Å². The van der Waals surface area contributed by atoms with Gasteiger partial charge in [-0.1, -0.05) is 51.1 Å². The monoisotopic (exact) mass is 381 g/mol. The third-order valence-electron chi connectivity index (χ3n) is 4.35. The van der Waals surface area contributed by atoms with E-state index in [1.807, 2.05) is 24.3 Å². The van der Waals surface area contributed by atoms with Crippen LogP contribution in [-0.4, -0.2) is 23.8 Å². The first-order valence-corrected chi connectivity index (χ1v) is 9.13. The van der Waals surface area contributed by atoms with Crippen molar-refractivity contribution in [2.75, 3.05) is 5.32 Å². The number of anilines is 1. The molecule has 3 amide bonds. The van der Waals surface area contributed by atoms with Crippen LogP contribution in [0.15, 0.2) is 48.5 Å². The predicted molar refractivity (Wildman–Crippen MR) is 110 cm³/mol. The lowest BCUT2D eigenvalue weighted by Crippen LogP contribution is -2.45. The average molecular weight is 381 g/mol. The molecule has 6 nitrogen and oxygen atoms in total. The van der Waals surface area contributed by atoms with Crippen LogP contribution in [0.2, 0.25) is 0 Å². The quantitative estimate of drug-likeness (QED) is 0.717. The van der Waals surface area contributed by atoms with Crippen LogP contribution >= 0.6 is 0 Å². The molecule has 0 aliphatic rings. The van der Waals surface area contributed by atoms with Gasteiger partial charge in [-0.3, -0.25) is 14.4 Å². The summed E-state index contributed by atoms with van der Waals surface area (Å²) in [4.78, 5) is 35.6. The molecule has 0 aromatic heterocycles. The molecule has 28 heavy (non-hydrogen) atoms. The number of rotatable bonds is 6. The molecule has 2 rings (SSSR count). The summed E-state index contributed by atoms with van der Waals surface area (Å²) in [7, 11) is 0. The van der Waals surface area contributed by atoms with Crippen LogP contribution in [0.3, 0.4) is 0 Å². The molecule has 148 valence electrons. The SMILES string of the molecule is CC(=O)Nc1cccc(C(=O)N[C@H](Cc2ccc(C(C)(C)C)cc2)C(N)=O)c1. The van der Waals surface area contributed by atoms with E-state index in [1.165, 1.54) is 12.5 Å². The number of benzene rings is 2. The largest absolute Gasteiger partial charge is 0.368 e. The highest BCUT2D eigenvalue weighted by atomic mass is 16.2. The second-order valence-electron chi connectivity index (χ2n) is 7.84. The van der Waals surface area contributed by atoms with Crippen LogP contribution in [0.4, 0.5) is 5.69 Å². The minimum Gasteiger partial charge on any atom is -0.368 e. The molecule has 2 aromatic carbocycles. The van der Waals surface area contributed by atoms with Crippen LogP contribution < -0.4 is 16.4 Å². The summed E-state index contributed by atoms with van der Waals surface area (Å²) in [5.74, 6) is -1.26. The maximum atomic E-state index is 12.5. The highest BCUT2D eigenvalue weighted by molar-refractivity contribution is 5.99. The van der Waals surface area contributed by atoms with E-state index in [9.17, 15) is 14.4 Å². The fraction of sp³-hybridized carbons (Fsp3) is 0.318. The minimum atomic E-state index is -0.836. The number of nitrogens with one attached hydrogen (secondary N) is 2. The van der Waals surface area contributed by atoms with Gasteiger partial charge in [0.05, 0.1) is 0 Å². The zero-order chi connectivity index (χ0) is 20.9. The van der Waals surface area contributed by atoms with Gasteiger partial charge < -0.3 is 16.4 Å². The number of nitrogens with two attached hydrogens (primary N) is 1. The molecule has 0 unspecified atom stereocenters. The van der Waals surface area contributed by atoms with Crippen molar-refractivity contribution in [3.63, 3.8) is 0 Å². The first-order chi connectivity index (χ1) is 13.1. The molecular weight excluding hydrogens is 354 g/mol. The minimum absolute atomic E-state index is 0.0365. The number of carbonyl (C=O) groups excluding carboxylic acids is 3. The van der Waals surface area contributed by atoms with E-state index in [4.69, 9.17) is 5.73 Å². The van der Waals surface area contributed by atoms with Gasteiger partial charge in [-0.25, -0.2) is 0 Å². The van der Waals surface area contributed by atoms with Gasteiger partial charge in [0.25, 0.3) is 5.91 Å². The van der Waals surface area contributed by atoms with Gasteiger partial charge in [-0.05, 0) is 34.7 Å². The van der Waals surface area contributed by atoms with Crippen molar-refractivity contribution in [3.8, 4) is 0 Å². The van der Waals surface area contributed by atoms with Gasteiger partial charge >= 0.3 is 0 Å². The van der Waals surface area contributed by atoms with E-state index in [2.05, 4.69) is 31.4 Å². The molecule has 0 saturated carbocycles. The topological polar surface area (TPSA) is 101 Å². The third-order valence-corrected chi connectivity index (χ3v) is 4.35. The summed E-state index contributed by atoms with van der Waals surface area (Å²) in [6.07, 6.45) is 0.302. The van der Waals surface area contributed by atoms with Gasteiger partial charge in [-0.15, -0.1) is 0 Å². The van der Waals surface area contributed by atoms with Crippen molar-refractivity contribution < 1.29 is 14.4 Å². The van der Waals surface area contributed by atoms with Gasteiger partial charge in [0.2, 0.25) is 11.8 Å². The van der Waals surface area contributed by atoms with E-state index in [-0.39, 0.29) is 11.3 Å². The van der Waals surface area contributed by atoms with E-state index in [0.717, 1.165) is 5.56 Å². The molecule has 0 fully saturated rings. The molecule has 6 heteroatoms. The molecule has 0 radical (unpaired) electrons. The normalized spacial score (nSPS) is 12.1. The predicted octanol–water partition coefficient (Wildman–Crippen LogP) is 2.77. The lowest BCUT2D eigenvalue weighted by molar-refractivity contribution is -0.119. The second-order valence-corrected chi connectivity index (χ2v) is 7.84. The Balaban J connectivity index is 2.11. The lowest BCUT2D eigenvalue weighted by Gasteiger charge is -2.20. The highest BCUT2D eigenvalue weighted by Gasteiger charge is 2.20. The lowest BCUT2D eigenvalue weighted by atomic mass is 9.86. The van der Waals surface area contributed by atoms with Crippen LogP contribution in [0.1, 0.15) is 49.2 Å². The average Bonchev–Trinajstić information content (AvgIpc) is 2.60. The molecule has 0 aliphatic heterocycles. The summed E-state index contributed by atoms with van der Waals surface area (Å²) in [5, 5.41) is 5.30. The Hall–Kier alpha value is -3.15. The Labute approximate surface area is 165 Å². The van der Waals surface area contributed by atoms with Crippen molar-refractivity contribution in [2.45, 2.75) is 45.6 Å². The zero-order valence-corrected chi connectivity index (χ0v) is 16.7. The number of hydrogen-bond acceptors (Lipinski definition) is 3. The first-order valence-electron chi connectivity index (χ1n) is 9.13. The molecule has 0 bridgehead atoms. The molecule has 2 aromatic rings. The summed E-state index contributed by atoms with van der Waals surface area (Å²) >= 11 is 0. The highest BCUT2D eigenvalue weighted by Crippen LogP contribution is 2.22. The molecular formula is C22H27N3O3. The van der Waals surface area contributed by atoms with Crippen LogP contribution in [0.5, 0.6) is 0 Å². The molecule has 0 saturated heterocycles. The molecule has 4 N–H and O–H groups in total. The maximum Gasteiger partial charge on any atom is 0.252 e. The van der Waals surface area contributed by atoms with Crippen molar-refractivity contribution in [1.29, 1.82) is 0 Å². The van der Waals surface area contributed by atoms with Crippen molar-refractivity contribution in [2.24, 2.45) is 5.73 Å². The standard InChI is InChI=1S/C22H27N3O3/c1-14(26)24-18-7-5-6-16(13-18)21(28)25-19(20(23)27)12-15-8-10-17(11-9-15)22(2,3)4/h5-11,13,19H,12H2,1-4H3,(H2,23,27)(H,24,26)(H,25,28)/t19-/m1/s1. The molecule has 1 atom stereocenters. The van der Waals surface area contributed by atoms with Crippen molar-refractivity contribution in [3.05, 3.63) is 65.2 Å². The van der Waals surface area contributed by atoms with Gasteiger partial charge in [0.1, 0.15) is 6.04 Å². The Kier molecular flexibility index (Phi) is 6.57. The molecule has 0 heterocycles. The smallest absolute Gasteiger partial charge is 0.252 e. The van der Waals surface area contributed by atoms with Crippen LogP contribution in [-0.2, 0) is 21.4 Å². The fourth-order valence-electron chi connectivity index (χ4n) is 2.78. The maximum absolute atomic E-state index is 12.5. The first kappa shape index (κ1) is 21.2. The van der Waals surface area contributed by atoms with Gasteiger partial charge in [0, 0.05) is 24.6 Å². The summed E-state index contributed by atoms with van der Waals surface area (Å²) < 4.78 is 0. The van der Waals surface area contributed by atoms with E-state index < -0.39 is 17.9 Å². The Morgan fingerprint density at radius 3 is 2.21 bits per heavy atom. The molecule has 0 spiro atoms. The third kappa shape index (κ3) is 5.94. The summed E-state index contributed by atoms with van der Waals surface area (Å²) in [6, 6.07) is 13.6. The molecule has 0 aliphatic carbocycles. The number of amides is 3. The van der Waals surface area contributed by atoms with E-state index in [1.54, 1.807) is 24.3 Å². The van der Waals surface area contributed by atoms with E-state index in [0.29, 0.717) is 17.7 Å². The van der Waals surface area contributed by atoms with Crippen LogP contribution in [0.25, 0.3) is 0 Å². The zero-order valence-electron chi connectivity index (χ0n) is 16.7. The van der Waals surface area contributed by atoms with E-state index >= 15 is 0 Å². The van der Waals surface area contributed by atoms with Gasteiger partial charge in [0.15, 0.2) is 0 Å². The van der Waals surface area contributed by atoms with Gasteiger partial charge in [-0.2, -0.15) is 0 Å². The fourth-order valence-corrected chi connectivity index (χ4v) is 2.78. The number of hydrogen-bond donors (Lipinski definition) is 3. The second kappa shape index (κ2) is 8.69. The number of primary amides is 1. The Morgan fingerprint density at radius 1 is 1.04 bits per heavy atom. The summed E-state index contributed by atoms with van der Waals surface area (Å²) in [5.41, 5.74) is 8.47. The number of carbonyl (C=O) groups is 3. The van der Waals surface area contributed by atoms with Crippen molar-refractivity contribution >= 4 is 23.4 Å². The Morgan fingerprint density at radius 2 is 1.68 bits per heavy atom. The Bertz CT molecular complexity index is 867. The summed E-state index contributed by atoms with van der Waals surface area (Å²) in [6.45, 7) is 7.78.